The van der Waals surface area contributed by atoms with E-state index in [1.54, 1.807) is 21.9 Å². The second-order valence-corrected chi connectivity index (χ2v) is 5.63. The van der Waals surface area contributed by atoms with Gasteiger partial charge in [0.2, 0.25) is 5.91 Å². The number of carbonyl (C=O) groups is 1. The summed E-state index contributed by atoms with van der Waals surface area (Å²) >= 11 is 0. The summed E-state index contributed by atoms with van der Waals surface area (Å²) < 4.78 is 3.66. The zero-order valence-electron chi connectivity index (χ0n) is 12.5. The Bertz CT molecular complexity index is 947. The topological polar surface area (TPSA) is 79.2 Å². The van der Waals surface area contributed by atoms with Gasteiger partial charge in [-0.3, -0.25) is 4.79 Å². The number of hydrogen-bond acceptors (Lipinski definition) is 4. The number of rotatable bonds is 2. The van der Waals surface area contributed by atoms with Crippen LogP contribution in [0.1, 0.15) is 12.1 Å². The molecule has 4 heterocycles. The van der Waals surface area contributed by atoms with Gasteiger partial charge in [0, 0.05) is 18.9 Å². The SMILES string of the molecule is Cc1cn(-c2cc3c(N4CCC(C#N)C4=O)ccnn3c2)cn1. The zero-order valence-corrected chi connectivity index (χ0v) is 12.5. The molecule has 23 heavy (non-hydrogen) atoms. The van der Waals surface area contributed by atoms with Crippen molar-refractivity contribution >= 4 is 17.1 Å². The predicted molar refractivity (Wildman–Crippen MR) is 83.1 cm³/mol. The Morgan fingerprint density at radius 1 is 1.39 bits per heavy atom. The van der Waals surface area contributed by atoms with E-state index in [0.717, 1.165) is 22.6 Å². The summed E-state index contributed by atoms with van der Waals surface area (Å²) in [5.74, 6) is -0.684. The number of nitrogens with zero attached hydrogens (tertiary/aromatic N) is 6. The maximum atomic E-state index is 12.3. The van der Waals surface area contributed by atoms with Gasteiger partial charge in [0.1, 0.15) is 5.92 Å². The van der Waals surface area contributed by atoms with Crippen LogP contribution in [0.2, 0.25) is 0 Å². The van der Waals surface area contributed by atoms with Gasteiger partial charge >= 0.3 is 0 Å². The molecular weight excluding hydrogens is 292 g/mol. The summed E-state index contributed by atoms with van der Waals surface area (Å²) in [5.41, 5.74) is 3.47. The fourth-order valence-corrected chi connectivity index (χ4v) is 2.96. The molecule has 3 aromatic heterocycles. The predicted octanol–water partition coefficient (Wildman–Crippen LogP) is 1.70. The van der Waals surface area contributed by atoms with Crippen molar-refractivity contribution in [2.75, 3.05) is 11.4 Å². The fourth-order valence-electron chi connectivity index (χ4n) is 2.96. The van der Waals surface area contributed by atoms with Crippen LogP contribution < -0.4 is 4.90 Å². The van der Waals surface area contributed by atoms with E-state index in [4.69, 9.17) is 5.26 Å². The lowest BCUT2D eigenvalue weighted by Crippen LogP contribution is -2.27. The summed E-state index contributed by atoms with van der Waals surface area (Å²) in [6.07, 6.45) is 7.80. The number of amides is 1. The lowest BCUT2D eigenvalue weighted by molar-refractivity contribution is -0.118. The van der Waals surface area contributed by atoms with Crippen molar-refractivity contribution in [3.8, 4) is 11.8 Å². The molecule has 0 aliphatic carbocycles. The van der Waals surface area contributed by atoms with Crippen LogP contribution in [0.4, 0.5) is 5.69 Å². The molecule has 0 spiro atoms. The van der Waals surface area contributed by atoms with Crippen molar-refractivity contribution < 1.29 is 4.79 Å². The third-order valence-electron chi connectivity index (χ3n) is 4.13. The number of anilines is 1. The minimum atomic E-state index is -0.547. The number of carbonyl (C=O) groups excluding carboxylic acids is 1. The van der Waals surface area contributed by atoms with Crippen molar-refractivity contribution in [1.29, 1.82) is 5.26 Å². The first-order valence-electron chi connectivity index (χ1n) is 7.37. The highest BCUT2D eigenvalue weighted by molar-refractivity contribution is 6.02. The highest BCUT2D eigenvalue weighted by Gasteiger charge is 2.33. The van der Waals surface area contributed by atoms with Gasteiger partial charge in [-0.1, -0.05) is 0 Å². The molecule has 1 amide bonds. The third kappa shape index (κ3) is 2.07. The molecule has 1 atom stereocenters. The molecule has 1 saturated heterocycles. The van der Waals surface area contributed by atoms with Crippen LogP contribution >= 0.6 is 0 Å². The second kappa shape index (κ2) is 4.95. The summed E-state index contributed by atoms with van der Waals surface area (Å²) in [4.78, 5) is 18.2. The van der Waals surface area contributed by atoms with E-state index >= 15 is 0 Å². The van der Waals surface area contributed by atoms with Gasteiger partial charge in [0.15, 0.2) is 0 Å². The molecule has 0 aromatic carbocycles. The van der Waals surface area contributed by atoms with Crippen LogP contribution in [0, 0.1) is 24.2 Å². The normalized spacial score (nSPS) is 17.8. The molecule has 0 radical (unpaired) electrons. The molecule has 7 heteroatoms. The molecule has 4 rings (SSSR count). The zero-order chi connectivity index (χ0) is 16.0. The number of aryl methyl sites for hydroxylation is 1. The second-order valence-electron chi connectivity index (χ2n) is 5.63. The van der Waals surface area contributed by atoms with Gasteiger partial charge in [0.25, 0.3) is 0 Å². The van der Waals surface area contributed by atoms with Crippen molar-refractivity contribution in [2.24, 2.45) is 5.92 Å². The standard InChI is InChI=1S/C16H14N6O/c1-11-8-20(10-18-11)13-6-15-14(2-4-19-22(15)9-13)21-5-3-12(7-17)16(21)23/h2,4,6,8-10,12H,3,5H2,1H3. The van der Waals surface area contributed by atoms with Crippen LogP contribution in [0.3, 0.4) is 0 Å². The van der Waals surface area contributed by atoms with E-state index in [0.29, 0.717) is 13.0 Å². The van der Waals surface area contributed by atoms with Crippen LogP contribution in [0.25, 0.3) is 11.2 Å². The van der Waals surface area contributed by atoms with Gasteiger partial charge in [-0.05, 0) is 25.5 Å². The highest BCUT2D eigenvalue weighted by Crippen LogP contribution is 2.29. The average molecular weight is 306 g/mol. The number of hydrogen-bond donors (Lipinski definition) is 0. The Labute approximate surface area is 132 Å². The highest BCUT2D eigenvalue weighted by atomic mass is 16.2. The molecule has 0 bridgehead atoms. The number of nitriles is 1. The van der Waals surface area contributed by atoms with Gasteiger partial charge in [0.05, 0.1) is 41.2 Å². The van der Waals surface area contributed by atoms with E-state index in [9.17, 15) is 4.79 Å². The van der Waals surface area contributed by atoms with Crippen LogP contribution in [-0.2, 0) is 4.79 Å². The summed E-state index contributed by atoms with van der Waals surface area (Å²) in [6, 6.07) is 5.85. The molecule has 0 saturated carbocycles. The molecular formula is C16H14N6O. The molecule has 1 unspecified atom stereocenters. The Hall–Kier alpha value is -3.14. The van der Waals surface area contributed by atoms with Gasteiger partial charge in [-0.15, -0.1) is 0 Å². The Morgan fingerprint density at radius 3 is 2.96 bits per heavy atom. The van der Waals surface area contributed by atoms with Gasteiger partial charge in [-0.25, -0.2) is 9.50 Å². The summed E-state index contributed by atoms with van der Waals surface area (Å²) in [7, 11) is 0. The number of fused-ring (bicyclic) bond motifs is 1. The van der Waals surface area contributed by atoms with Gasteiger partial charge in [-0.2, -0.15) is 10.4 Å². The van der Waals surface area contributed by atoms with Crippen LogP contribution in [-0.4, -0.2) is 31.6 Å². The van der Waals surface area contributed by atoms with E-state index in [1.165, 1.54) is 0 Å². The molecule has 0 N–H and O–H groups in total. The van der Waals surface area contributed by atoms with Crippen molar-refractivity contribution in [1.82, 2.24) is 19.2 Å². The molecule has 7 nitrogen and oxygen atoms in total. The largest absolute Gasteiger partial charge is 0.309 e. The summed E-state index contributed by atoms with van der Waals surface area (Å²) in [5, 5.41) is 13.4. The minimum absolute atomic E-state index is 0.137. The smallest absolute Gasteiger partial charge is 0.244 e. The lowest BCUT2D eigenvalue weighted by atomic mass is 10.1. The first-order valence-corrected chi connectivity index (χ1v) is 7.37. The van der Waals surface area contributed by atoms with E-state index < -0.39 is 5.92 Å². The molecule has 1 aliphatic rings. The molecule has 114 valence electrons. The third-order valence-corrected chi connectivity index (χ3v) is 4.13. The number of imidazole rings is 1. The molecule has 1 fully saturated rings. The van der Waals surface area contributed by atoms with Crippen molar-refractivity contribution in [3.05, 3.63) is 42.7 Å². The van der Waals surface area contributed by atoms with Crippen molar-refractivity contribution in [3.63, 3.8) is 0 Å². The lowest BCUT2D eigenvalue weighted by Gasteiger charge is -2.16. The van der Waals surface area contributed by atoms with E-state index in [2.05, 4.69) is 16.2 Å². The van der Waals surface area contributed by atoms with Crippen LogP contribution in [0.15, 0.2) is 37.1 Å². The summed E-state index contributed by atoms with van der Waals surface area (Å²) in [6.45, 7) is 2.49. The molecule has 1 aliphatic heterocycles. The maximum Gasteiger partial charge on any atom is 0.244 e. The monoisotopic (exact) mass is 306 g/mol. The number of aromatic nitrogens is 4. The van der Waals surface area contributed by atoms with Crippen molar-refractivity contribution in [2.45, 2.75) is 13.3 Å². The first kappa shape index (κ1) is 13.5. The van der Waals surface area contributed by atoms with Crippen LogP contribution in [0.5, 0.6) is 0 Å². The Morgan fingerprint density at radius 2 is 2.26 bits per heavy atom. The first-order chi connectivity index (χ1) is 11.2. The maximum absolute atomic E-state index is 12.3. The Kier molecular flexibility index (Phi) is 2.91. The van der Waals surface area contributed by atoms with E-state index in [1.807, 2.05) is 36.0 Å². The average Bonchev–Trinajstić information content (AvgIpc) is 3.24. The van der Waals surface area contributed by atoms with Gasteiger partial charge < -0.3 is 9.47 Å². The van der Waals surface area contributed by atoms with E-state index in [-0.39, 0.29) is 5.91 Å². The minimum Gasteiger partial charge on any atom is -0.309 e. The fraction of sp³-hybridized carbons (Fsp3) is 0.250. The Balaban J connectivity index is 1.81. The molecule has 3 aromatic rings. The quantitative estimate of drug-likeness (QED) is 0.722.